The normalized spacial score (nSPS) is 15.0. The van der Waals surface area contributed by atoms with Gasteiger partial charge in [0.25, 0.3) is 0 Å². The fourth-order valence-electron chi connectivity index (χ4n) is 1.28. The average Bonchev–Trinajstić information content (AvgIpc) is 2.39. The van der Waals surface area contributed by atoms with Crippen molar-refractivity contribution in [3.8, 4) is 0 Å². The van der Waals surface area contributed by atoms with Crippen molar-refractivity contribution in [1.82, 2.24) is 9.78 Å². The number of aromatic nitrogens is 2. The molecule has 0 fully saturated rings. The zero-order valence-corrected chi connectivity index (χ0v) is 8.93. The average molecular weight is 235 g/mol. The van der Waals surface area contributed by atoms with Crippen LogP contribution in [0, 0.1) is 6.92 Å². The SMILES string of the molecule is Cc1nn(C)c(Cl)c1C(O)C(O)C(=O)O. The highest BCUT2D eigenvalue weighted by molar-refractivity contribution is 6.30. The van der Waals surface area contributed by atoms with Crippen LogP contribution >= 0.6 is 11.6 Å². The minimum absolute atomic E-state index is 0.111. The summed E-state index contributed by atoms with van der Waals surface area (Å²) in [7, 11) is 1.55. The Hall–Kier alpha value is -1.11. The summed E-state index contributed by atoms with van der Waals surface area (Å²) >= 11 is 5.79. The zero-order valence-electron chi connectivity index (χ0n) is 8.18. The van der Waals surface area contributed by atoms with Crippen LogP contribution in [-0.2, 0) is 11.8 Å². The van der Waals surface area contributed by atoms with Gasteiger partial charge in [0.1, 0.15) is 11.3 Å². The summed E-state index contributed by atoms with van der Waals surface area (Å²) in [6, 6.07) is 0. The van der Waals surface area contributed by atoms with Gasteiger partial charge in [0.2, 0.25) is 0 Å². The maximum Gasteiger partial charge on any atom is 0.335 e. The third-order valence-corrected chi connectivity index (χ3v) is 2.49. The van der Waals surface area contributed by atoms with Crippen molar-refractivity contribution in [3.05, 3.63) is 16.4 Å². The molecule has 0 spiro atoms. The molecule has 1 aromatic rings. The molecule has 84 valence electrons. The van der Waals surface area contributed by atoms with E-state index >= 15 is 0 Å². The number of rotatable bonds is 3. The minimum Gasteiger partial charge on any atom is -0.479 e. The Bertz CT molecular complexity index is 390. The summed E-state index contributed by atoms with van der Waals surface area (Å²) in [6.07, 6.45) is -3.49. The molecule has 0 saturated heterocycles. The van der Waals surface area contributed by atoms with Crippen molar-refractivity contribution < 1.29 is 20.1 Å². The van der Waals surface area contributed by atoms with Crippen molar-refractivity contribution in [2.24, 2.45) is 7.05 Å². The molecule has 0 amide bonds. The van der Waals surface area contributed by atoms with Crippen LogP contribution in [0.3, 0.4) is 0 Å². The summed E-state index contributed by atoms with van der Waals surface area (Å²) < 4.78 is 1.30. The Morgan fingerprint density at radius 1 is 1.53 bits per heavy atom. The van der Waals surface area contributed by atoms with E-state index in [0.29, 0.717) is 5.69 Å². The lowest BCUT2D eigenvalue weighted by atomic mass is 10.1. The maximum atomic E-state index is 10.5. The monoisotopic (exact) mass is 234 g/mol. The van der Waals surface area contributed by atoms with E-state index in [0.717, 1.165) is 0 Å². The molecule has 0 aromatic carbocycles. The van der Waals surface area contributed by atoms with Gasteiger partial charge in [-0.1, -0.05) is 11.6 Å². The highest BCUT2D eigenvalue weighted by Crippen LogP contribution is 2.27. The standard InChI is InChI=1S/C8H11ClN2O4/c1-3-4(7(9)11(2)10-3)5(12)6(13)8(14)15/h5-6,12-13H,1-2H3,(H,14,15). The van der Waals surface area contributed by atoms with Crippen molar-refractivity contribution in [2.75, 3.05) is 0 Å². The number of carbonyl (C=O) groups is 1. The Morgan fingerprint density at radius 2 is 2.07 bits per heavy atom. The number of aliphatic carboxylic acids is 1. The van der Waals surface area contributed by atoms with E-state index in [2.05, 4.69) is 5.10 Å². The second-order valence-corrected chi connectivity index (χ2v) is 3.50. The summed E-state index contributed by atoms with van der Waals surface area (Å²) in [5, 5.41) is 31.3. The Labute approximate surface area is 90.7 Å². The highest BCUT2D eigenvalue weighted by atomic mass is 35.5. The smallest absolute Gasteiger partial charge is 0.335 e. The molecule has 2 atom stereocenters. The summed E-state index contributed by atoms with van der Waals surface area (Å²) in [5.74, 6) is -1.51. The first kappa shape index (κ1) is 12.0. The zero-order chi connectivity index (χ0) is 11.7. The van der Waals surface area contributed by atoms with E-state index < -0.39 is 18.2 Å². The largest absolute Gasteiger partial charge is 0.479 e. The number of nitrogens with zero attached hydrogens (tertiary/aromatic N) is 2. The third kappa shape index (κ3) is 2.11. The van der Waals surface area contributed by atoms with E-state index in [1.165, 1.54) is 4.68 Å². The van der Waals surface area contributed by atoms with Crippen molar-refractivity contribution >= 4 is 17.6 Å². The van der Waals surface area contributed by atoms with Crippen LogP contribution in [0.2, 0.25) is 5.15 Å². The highest BCUT2D eigenvalue weighted by Gasteiger charge is 2.30. The first-order valence-electron chi connectivity index (χ1n) is 4.14. The maximum absolute atomic E-state index is 10.5. The van der Waals surface area contributed by atoms with Crippen molar-refractivity contribution in [2.45, 2.75) is 19.1 Å². The molecule has 0 aliphatic heterocycles. The Balaban J connectivity index is 3.10. The van der Waals surface area contributed by atoms with Gasteiger partial charge in [-0.3, -0.25) is 4.68 Å². The van der Waals surface area contributed by atoms with Crippen molar-refractivity contribution in [1.29, 1.82) is 0 Å². The molecule has 0 saturated carbocycles. The number of carboxylic acids is 1. The molecule has 3 N–H and O–H groups in total. The van der Waals surface area contributed by atoms with Gasteiger partial charge in [0.15, 0.2) is 6.10 Å². The number of hydrogen-bond donors (Lipinski definition) is 3. The fraction of sp³-hybridized carbons (Fsp3) is 0.500. The van der Waals surface area contributed by atoms with Crippen LogP contribution in [0.15, 0.2) is 0 Å². The van der Waals surface area contributed by atoms with Crippen LogP contribution in [0.25, 0.3) is 0 Å². The lowest BCUT2D eigenvalue weighted by Crippen LogP contribution is -2.27. The molecular weight excluding hydrogens is 224 g/mol. The predicted molar refractivity (Wildman–Crippen MR) is 51.6 cm³/mol. The molecule has 2 unspecified atom stereocenters. The first-order chi connectivity index (χ1) is 6.86. The van der Waals surface area contributed by atoms with E-state index in [4.69, 9.17) is 21.8 Å². The first-order valence-corrected chi connectivity index (χ1v) is 4.52. The number of aliphatic hydroxyl groups excluding tert-OH is 2. The molecule has 0 bridgehead atoms. The number of carboxylic acid groups (broad SMARTS) is 1. The third-order valence-electron chi connectivity index (χ3n) is 2.04. The van der Waals surface area contributed by atoms with Crippen molar-refractivity contribution in [3.63, 3.8) is 0 Å². The van der Waals surface area contributed by atoms with Crippen LogP contribution in [-0.4, -0.2) is 37.2 Å². The van der Waals surface area contributed by atoms with E-state index in [1.54, 1.807) is 14.0 Å². The number of halogens is 1. The minimum atomic E-state index is -1.91. The topological polar surface area (TPSA) is 95.6 Å². The van der Waals surface area contributed by atoms with Crippen LogP contribution < -0.4 is 0 Å². The molecule has 0 radical (unpaired) electrons. The van der Waals surface area contributed by atoms with Gasteiger partial charge in [-0.2, -0.15) is 5.10 Å². The molecule has 0 aliphatic carbocycles. The summed E-state index contributed by atoms with van der Waals surface area (Å²) in [5.41, 5.74) is 0.518. The lowest BCUT2D eigenvalue weighted by molar-refractivity contribution is -0.153. The van der Waals surface area contributed by atoms with E-state index in [-0.39, 0.29) is 10.7 Å². The van der Waals surface area contributed by atoms with E-state index in [1.807, 2.05) is 0 Å². The molecule has 1 aromatic heterocycles. The van der Waals surface area contributed by atoms with E-state index in [9.17, 15) is 9.90 Å². The van der Waals surface area contributed by atoms with Gasteiger partial charge >= 0.3 is 5.97 Å². The van der Waals surface area contributed by atoms with Gasteiger partial charge in [0.05, 0.1) is 5.69 Å². The molecule has 15 heavy (non-hydrogen) atoms. The van der Waals surface area contributed by atoms with Gasteiger partial charge in [-0.15, -0.1) is 0 Å². The van der Waals surface area contributed by atoms with Crippen LogP contribution in [0.4, 0.5) is 0 Å². The molecule has 6 nitrogen and oxygen atoms in total. The second kappa shape index (κ2) is 4.18. The quantitative estimate of drug-likeness (QED) is 0.677. The Morgan fingerprint density at radius 3 is 2.40 bits per heavy atom. The van der Waals surface area contributed by atoms with Gasteiger partial charge in [0, 0.05) is 12.6 Å². The predicted octanol–water partition coefficient (Wildman–Crippen LogP) is -0.139. The number of aliphatic hydroxyl groups is 2. The molecule has 7 heteroatoms. The lowest BCUT2D eigenvalue weighted by Gasteiger charge is -2.13. The second-order valence-electron chi connectivity index (χ2n) is 3.14. The molecule has 0 aliphatic rings. The van der Waals surface area contributed by atoms with Gasteiger partial charge in [-0.25, -0.2) is 4.79 Å². The van der Waals surface area contributed by atoms with Crippen LogP contribution in [0.5, 0.6) is 0 Å². The molecule has 1 rings (SSSR count). The van der Waals surface area contributed by atoms with Crippen LogP contribution in [0.1, 0.15) is 17.4 Å². The summed E-state index contributed by atoms with van der Waals surface area (Å²) in [4.78, 5) is 10.5. The fourth-order valence-corrected chi connectivity index (χ4v) is 1.56. The van der Waals surface area contributed by atoms with Gasteiger partial charge in [-0.05, 0) is 6.92 Å². The molecular formula is C8H11ClN2O4. The number of aryl methyl sites for hydroxylation is 2. The van der Waals surface area contributed by atoms with Gasteiger partial charge < -0.3 is 15.3 Å². The molecule has 1 heterocycles. The number of hydrogen-bond acceptors (Lipinski definition) is 4. The summed E-state index contributed by atoms with van der Waals surface area (Å²) in [6.45, 7) is 1.57. The Kier molecular flexibility index (Phi) is 3.33.